The zero-order valence-corrected chi connectivity index (χ0v) is 7.55. The lowest BCUT2D eigenvalue weighted by molar-refractivity contribution is 0.0517. The molecule has 0 aliphatic heterocycles. The maximum Gasteiger partial charge on any atom is 0.358 e. The first-order valence-electron chi connectivity index (χ1n) is 3.92. The number of esters is 1. The van der Waals surface area contributed by atoms with Gasteiger partial charge in [-0.2, -0.15) is 0 Å². The number of anilines is 1. The molecule has 1 aromatic heterocycles. The van der Waals surface area contributed by atoms with Crippen molar-refractivity contribution in [3.05, 3.63) is 11.4 Å². The first kappa shape index (κ1) is 9.44. The second-order valence-corrected chi connectivity index (χ2v) is 2.61. The number of nitrogen functional groups attached to an aromatic ring is 1. The van der Waals surface area contributed by atoms with Crippen LogP contribution >= 0.6 is 0 Å². The van der Waals surface area contributed by atoms with Gasteiger partial charge in [0.25, 0.3) is 0 Å². The summed E-state index contributed by atoms with van der Waals surface area (Å²) in [5.74, 6) is -0.837. The van der Waals surface area contributed by atoms with Gasteiger partial charge in [0, 0.05) is 5.69 Å². The second-order valence-electron chi connectivity index (χ2n) is 2.61. The number of hydrogen-bond donors (Lipinski definition) is 3. The van der Waals surface area contributed by atoms with Crippen LogP contribution in [0.25, 0.3) is 0 Å². The third-order valence-electron chi connectivity index (χ3n) is 1.69. The molecule has 5 heteroatoms. The van der Waals surface area contributed by atoms with Gasteiger partial charge in [-0.25, -0.2) is 4.79 Å². The van der Waals surface area contributed by atoms with E-state index in [-0.39, 0.29) is 23.7 Å². The monoisotopic (exact) mass is 184 g/mol. The van der Waals surface area contributed by atoms with E-state index in [4.69, 9.17) is 10.5 Å². The third kappa shape index (κ3) is 1.58. The van der Waals surface area contributed by atoms with Crippen LogP contribution in [0.2, 0.25) is 0 Å². The number of carbonyl (C=O) groups excluding carboxylic acids is 1. The zero-order chi connectivity index (χ0) is 10.0. The van der Waals surface area contributed by atoms with Gasteiger partial charge in [0.2, 0.25) is 0 Å². The minimum atomic E-state index is -0.597. The molecule has 0 aromatic carbocycles. The maximum absolute atomic E-state index is 11.2. The van der Waals surface area contributed by atoms with Crippen molar-refractivity contribution in [2.24, 2.45) is 0 Å². The second kappa shape index (κ2) is 3.38. The number of rotatable bonds is 2. The Labute approximate surface area is 75.5 Å². The van der Waals surface area contributed by atoms with Gasteiger partial charge in [0.1, 0.15) is 0 Å². The van der Waals surface area contributed by atoms with Crippen molar-refractivity contribution in [3.63, 3.8) is 0 Å². The van der Waals surface area contributed by atoms with Crippen LogP contribution in [0.5, 0.6) is 5.75 Å². The van der Waals surface area contributed by atoms with Crippen LogP contribution in [0.15, 0.2) is 0 Å². The lowest BCUT2D eigenvalue weighted by Gasteiger charge is -1.98. The van der Waals surface area contributed by atoms with Crippen LogP contribution in [0.3, 0.4) is 0 Å². The summed E-state index contributed by atoms with van der Waals surface area (Å²) in [7, 11) is 0. The van der Waals surface area contributed by atoms with Crippen molar-refractivity contribution < 1.29 is 14.6 Å². The average Bonchev–Trinajstić information content (AvgIpc) is 2.33. The van der Waals surface area contributed by atoms with E-state index >= 15 is 0 Å². The maximum atomic E-state index is 11.2. The van der Waals surface area contributed by atoms with Crippen LogP contribution < -0.4 is 5.73 Å². The molecule has 72 valence electrons. The lowest BCUT2D eigenvalue weighted by Crippen LogP contribution is -2.05. The molecule has 0 spiro atoms. The molecule has 1 rings (SSSR count). The van der Waals surface area contributed by atoms with Crippen molar-refractivity contribution in [1.29, 1.82) is 0 Å². The quantitative estimate of drug-likeness (QED) is 0.593. The standard InChI is InChI=1S/C8H12N2O3/c1-3-13-8(12)6-7(11)5(9)4(2)10-6/h10-11H,3,9H2,1-2H3. The highest BCUT2D eigenvalue weighted by molar-refractivity contribution is 5.93. The molecule has 0 aliphatic carbocycles. The van der Waals surface area contributed by atoms with Gasteiger partial charge in [-0.15, -0.1) is 0 Å². The summed E-state index contributed by atoms with van der Waals surface area (Å²) in [5.41, 5.74) is 6.20. The van der Waals surface area contributed by atoms with Gasteiger partial charge in [-0.05, 0) is 13.8 Å². The largest absolute Gasteiger partial charge is 0.504 e. The van der Waals surface area contributed by atoms with Gasteiger partial charge >= 0.3 is 5.97 Å². The van der Waals surface area contributed by atoms with Crippen molar-refractivity contribution in [2.45, 2.75) is 13.8 Å². The summed E-state index contributed by atoms with van der Waals surface area (Å²) in [6.45, 7) is 3.61. The zero-order valence-electron chi connectivity index (χ0n) is 7.55. The number of nitrogens with two attached hydrogens (primary N) is 1. The molecule has 0 amide bonds. The molecule has 0 aliphatic rings. The van der Waals surface area contributed by atoms with Crippen molar-refractivity contribution in [3.8, 4) is 5.75 Å². The first-order valence-corrected chi connectivity index (χ1v) is 3.92. The van der Waals surface area contributed by atoms with Crippen molar-refractivity contribution >= 4 is 11.7 Å². The third-order valence-corrected chi connectivity index (χ3v) is 1.69. The fourth-order valence-corrected chi connectivity index (χ4v) is 0.977. The molecule has 5 nitrogen and oxygen atoms in total. The highest BCUT2D eigenvalue weighted by Crippen LogP contribution is 2.28. The smallest absolute Gasteiger partial charge is 0.358 e. The predicted octanol–water partition coefficient (Wildman–Crippen LogP) is 0.788. The van der Waals surface area contributed by atoms with Crippen LogP contribution in [0.4, 0.5) is 5.69 Å². The lowest BCUT2D eigenvalue weighted by atomic mass is 10.3. The highest BCUT2D eigenvalue weighted by Gasteiger charge is 2.18. The molecule has 4 N–H and O–H groups in total. The Hall–Kier alpha value is -1.65. The number of ether oxygens (including phenoxy) is 1. The Bertz CT molecular complexity index is 330. The number of hydrogen-bond acceptors (Lipinski definition) is 4. The van der Waals surface area contributed by atoms with E-state index in [1.165, 1.54) is 0 Å². The van der Waals surface area contributed by atoms with Crippen LogP contribution in [-0.2, 0) is 4.74 Å². The normalized spacial score (nSPS) is 10.0. The van der Waals surface area contributed by atoms with Crippen molar-refractivity contribution in [1.82, 2.24) is 4.98 Å². The summed E-state index contributed by atoms with van der Waals surface area (Å²) in [4.78, 5) is 13.8. The topological polar surface area (TPSA) is 88.3 Å². The fraction of sp³-hybridized carbons (Fsp3) is 0.375. The van der Waals surface area contributed by atoms with Gasteiger partial charge < -0.3 is 20.6 Å². The number of H-pyrrole nitrogens is 1. The van der Waals surface area contributed by atoms with Gasteiger partial charge in [0.05, 0.1) is 12.3 Å². The molecule has 0 unspecified atom stereocenters. The van der Waals surface area contributed by atoms with Crippen LogP contribution in [-0.4, -0.2) is 22.7 Å². The predicted molar refractivity (Wildman–Crippen MR) is 47.6 cm³/mol. The Morgan fingerprint density at radius 3 is 2.69 bits per heavy atom. The number of nitrogens with one attached hydrogen (secondary N) is 1. The van der Waals surface area contributed by atoms with E-state index in [0.717, 1.165) is 0 Å². The summed E-state index contributed by atoms with van der Waals surface area (Å²) >= 11 is 0. The van der Waals surface area contributed by atoms with Crippen LogP contribution in [0.1, 0.15) is 23.1 Å². The summed E-state index contributed by atoms with van der Waals surface area (Å²) < 4.78 is 4.69. The molecule has 0 fully saturated rings. The van der Waals surface area contributed by atoms with E-state index in [2.05, 4.69) is 4.98 Å². The number of aryl methyl sites for hydroxylation is 1. The molecule has 0 atom stereocenters. The Kier molecular flexibility index (Phi) is 2.46. The Morgan fingerprint density at radius 2 is 2.31 bits per heavy atom. The average molecular weight is 184 g/mol. The number of aromatic nitrogens is 1. The molecule has 1 heterocycles. The fourth-order valence-electron chi connectivity index (χ4n) is 0.977. The van der Waals surface area contributed by atoms with Crippen LogP contribution in [0, 0.1) is 6.92 Å². The Morgan fingerprint density at radius 1 is 1.69 bits per heavy atom. The number of aromatic hydroxyl groups is 1. The SMILES string of the molecule is CCOC(=O)c1[nH]c(C)c(N)c1O. The summed E-state index contributed by atoms with van der Waals surface area (Å²) in [5, 5.41) is 9.36. The molecular formula is C8H12N2O3. The highest BCUT2D eigenvalue weighted by atomic mass is 16.5. The Balaban J connectivity index is 3.01. The molecule has 13 heavy (non-hydrogen) atoms. The molecule has 0 saturated heterocycles. The van der Waals surface area contributed by atoms with E-state index in [0.29, 0.717) is 5.69 Å². The van der Waals surface area contributed by atoms with E-state index < -0.39 is 5.97 Å². The summed E-state index contributed by atoms with van der Waals surface area (Å²) in [6, 6.07) is 0. The molecule has 0 bridgehead atoms. The molecule has 0 saturated carbocycles. The molecule has 0 radical (unpaired) electrons. The minimum absolute atomic E-state index is 0.0110. The van der Waals surface area contributed by atoms with Gasteiger partial charge in [-0.1, -0.05) is 0 Å². The van der Waals surface area contributed by atoms with E-state index in [1.807, 2.05) is 0 Å². The van der Waals surface area contributed by atoms with E-state index in [1.54, 1.807) is 13.8 Å². The minimum Gasteiger partial charge on any atom is -0.504 e. The van der Waals surface area contributed by atoms with Crippen molar-refractivity contribution in [2.75, 3.05) is 12.3 Å². The molecular weight excluding hydrogens is 172 g/mol. The van der Waals surface area contributed by atoms with Gasteiger partial charge in [0.15, 0.2) is 11.4 Å². The number of carbonyl (C=O) groups is 1. The number of aromatic amines is 1. The first-order chi connectivity index (χ1) is 6.07. The van der Waals surface area contributed by atoms with Gasteiger partial charge in [-0.3, -0.25) is 0 Å². The van der Waals surface area contributed by atoms with E-state index in [9.17, 15) is 9.90 Å². The summed E-state index contributed by atoms with van der Waals surface area (Å²) in [6.07, 6.45) is 0. The molecule has 1 aromatic rings.